The summed E-state index contributed by atoms with van der Waals surface area (Å²) in [5.74, 6) is -4.06. The number of benzene rings is 1. The van der Waals surface area contributed by atoms with Crippen LogP contribution in [0.1, 0.15) is 21.5 Å². The van der Waals surface area contributed by atoms with E-state index in [-0.39, 0.29) is 6.42 Å². The average molecular weight is 322 g/mol. The Kier molecular flexibility index (Phi) is 7.07. The molecule has 0 aliphatic heterocycles. The van der Waals surface area contributed by atoms with Crippen molar-refractivity contribution in [1.29, 1.82) is 0 Å². The van der Waals surface area contributed by atoms with Crippen LogP contribution in [0, 0.1) is 6.92 Å². The first-order chi connectivity index (χ1) is 9.98. The third kappa shape index (κ3) is 6.73. The Morgan fingerprint density at radius 1 is 1.18 bits per heavy atom. The standard InChI is InChI=1S/C11H12O4.C2HF3O2/c1-7-5-9(11(14)15-2)4-3-8(7)6-10(12)13;3-2(4,5)1(6)7/h3-5H,6H2,1-2H3,(H,12,13);(H,6,7). The second-order valence-electron chi connectivity index (χ2n) is 4.01. The lowest BCUT2D eigenvalue weighted by molar-refractivity contribution is -0.192. The quantitative estimate of drug-likeness (QED) is 0.826. The molecule has 1 aromatic rings. The van der Waals surface area contributed by atoms with E-state index >= 15 is 0 Å². The van der Waals surface area contributed by atoms with Gasteiger partial charge < -0.3 is 14.9 Å². The zero-order chi connectivity index (χ0) is 17.5. The second kappa shape index (κ2) is 8.01. The molecular formula is C13H13F3O6. The van der Waals surface area contributed by atoms with Crippen molar-refractivity contribution in [3.8, 4) is 0 Å². The molecule has 0 saturated carbocycles. The smallest absolute Gasteiger partial charge is 0.481 e. The average Bonchev–Trinajstić information content (AvgIpc) is 2.39. The molecule has 0 fully saturated rings. The summed E-state index contributed by atoms with van der Waals surface area (Å²) in [5.41, 5.74) is 1.92. The Labute approximate surface area is 123 Å². The monoisotopic (exact) mass is 322 g/mol. The van der Waals surface area contributed by atoms with Crippen molar-refractivity contribution < 1.29 is 42.5 Å². The molecule has 0 heterocycles. The largest absolute Gasteiger partial charge is 0.490 e. The summed E-state index contributed by atoms with van der Waals surface area (Å²) in [6, 6.07) is 4.83. The van der Waals surface area contributed by atoms with Gasteiger partial charge in [0.2, 0.25) is 0 Å². The van der Waals surface area contributed by atoms with Crippen LogP contribution in [0.3, 0.4) is 0 Å². The minimum atomic E-state index is -5.08. The van der Waals surface area contributed by atoms with Crippen LogP contribution in [0.15, 0.2) is 18.2 Å². The van der Waals surface area contributed by atoms with Crippen molar-refractivity contribution >= 4 is 17.9 Å². The first-order valence-electron chi connectivity index (χ1n) is 5.68. The number of rotatable bonds is 3. The summed E-state index contributed by atoms with van der Waals surface area (Å²) in [6.07, 6.45) is -5.12. The first-order valence-corrected chi connectivity index (χ1v) is 5.68. The highest BCUT2D eigenvalue weighted by molar-refractivity contribution is 5.89. The van der Waals surface area contributed by atoms with E-state index in [0.717, 1.165) is 5.56 Å². The Morgan fingerprint density at radius 3 is 2.00 bits per heavy atom. The molecule has 9 heteroatoms. The van der Waals surface area contributed by atoms with Crippen LogP contribution in [0.4, 0.5) is 13.2 Å². The molecule has 0 spiro atoms. The van der Waals surface area contributed by atoms with Crippen LogP contribution < -0.4 is 0 Å². The third-order valence-corrected chi connectivity index (χ3v) is 2.35. The molecule has 0 aromatic heterocycles. The van der Waals surface area contributed by atoms with Crippen LogP contribution in [0.2, 0.25) is 0 Å². The van der Waals surface area contributed by atoms with Gasteiger partial charge in [-0.15, -0.1) is 0 Å². The van der Waals surface area contributed by atoms with Crippen LogP contribution >= 0.6 is 0 Å². The number of carboxylic acid groups (broad SMARTS) is 2. The molecule has 22 heavy (non-hydrogen) atoms. The van der Waals surface area contributed by atoms with Crippen molar-refractivity contribution in [2.24, 2.45) is 0 Å². The van der Waals surface area contributed by atoms with Crippen LogP contribution in [-0.2, 0) is 20.7 Å². The highest BCUT2D eigenvalue weighted by Gasteiger charge is 2.38. The van der Waals surface area contributed by atoms with E-state index in [2.05, 4.69) is 4.74 Å². The molecule has 0 aliphatic rings. The van der Waals surface area contributed by atoms with Gasteiger partial charge in [0.15, 0.2) is 0 Å². The summed E-state index contributed by atoms with van der Waals surface area (Å²) < 4.78 is 36.3. The molecule has 2 N–H and O–H groups in total. The molecule has 0 radical (unpaired) electrons. The maximum absolute atomic E-state index is 11.2. The number of halogens is 3. The Morgan fingerprint density at radius 2 is 1.68 bits per heavy atom. The third-order valence-electron chi connectivity index (χ3n) is 2.35. The fourth-order valence-electron chi connectivity index (χ4n) is 1.30. The van der Waals surface area contributed by atoms with E-state index in [0.29, 0.717) is 11.1 Å². The van der Waals surface area contributed by atoms with Gasteiger partial charge >= 0.3 is 24.1 Å². The van der Waals surface area contributed by atoms with Crippen molar-refractivity contribution in [3.63, 3.8) is 0 Å². The number of aryl methyl sites for hydroxylation is 1. The molecule has 0 bridgehead atoms. The van der Waals surface area contributed by atoms with Crippen molar-refractivity contribution in [1.82, 2.24) is 0 Å². The van der Waals surface area contributed by atoms with Crippen LogP contribution in [0.5, 0.6) is 0 Å². The predicted molar refractivity (Wildman–Crippen MR) is 67.5 cm³/mol. The zero-order valence-corrected chi connectivity index (χ0v) is 11.6. The number of hydrogen-bond donors (Lipinski definition) is 2. The molecule has 0 atom stereocenters. The van der Waals surface area contributed by atoms with Crippen LogP contribution in [0.25, 0.3) is 0 Å². The fraction of sp³-hybridized carbons (Fsp3) is 0.308. The van der Waals surface area contributed by atoms with E-state index in [1.54, 1.807) is 25.1 Å². The summed E-state index contributed by atoms with van der Waals surface area (Å²) in [6.45, 7) is 1.77. The number of ether oxygens (including phenoxy) is 1. The van der Waals surface area contributed by atoms with Crippen molar-refractivity contribution in [3.05, 3.63) is 34.9 Å². The topological polar surface area (TPSA) is 101 Å². The SMILES string of the molecule is COC(=O)c1ccc(CC(=O)O)c(C)c1.O=C(O)C(F)(F)F. The van der Waals surface area contributed by atoms with Crippen molar-refractivity contribution in [2.45, 2.75) is 19.5 Å². The number of esters is 1. The number of alkyl halides is 3. The van der Waals surface area contributed by atoms with E-state index in [1.807, 2.05) is 0 Å². The van der Waals surface area contributed by atoms with Gasteiger partial charge in [-0.3, -0.25) is 4.79 Å². The van der Waals surface area contributed by atoms with Gasteiger partial charge in [-0.25, -0.2) is 9.59 Å². The van der Waals surface area contributed by atoms with Gasteiger partial charge in [0.1, 0.15) is 0 Å². The molecule has 0 aliphatic carbocycles. The van der Waals surface area contributed by atoms with Gasteiger partial charge in [-0.1, -0.05) is 6.07 Å². The van der Waals surface area contributed by atoms with Crippen molar-refractivity contribution in [2.75, 3.05) is 7.11 Å². The van der Waals surface area contributed by atoms with E-state index < -0.39 is 24.1 Å². The minimum Gasteiger partial charge on any atom is -0.481 e. The minimum absolute atomic E-state index is 0.0344. The summed E-state index contributed by atoms with van der Waals surface area (Å²) >= 11 is 0. The lowest BCUT2D eigenvalue weighted by atomic mass is 10.0. The lowest BCUT2D eigenvalue weighted by Crippen LogP contribution is -2.21. The lowest BCUT2D eigenvalue weighted by Gasteiger charge is -2.05. The number of carbonyl (C=O) groups excluding carboxylic acids is 1. The number of hydrogen-bond acceptors (Lipinski definition) is 4. The summed E-state index contributed by atoms with van der Waals surface area (Å²) in [4.78, 5) is 30.6. The fourth-order valence-corrected chi connectivity index (χ4v) is 1.30. The van der Waals surface area contributed by atoms with E-state index in [4.69, 9.17) is 15.0 Å². The maximum atomic E-state index is 11.2. The first kappa shape index (κ1) is 19.4. The van der Waals surface area contributed by atoms with Gasteiger partial charge in [0, 0.05) is 0 Å². The van der Waals surface area contributed by atoms with Gasteiger partial charge in [-0.2, -0.15) is 13.2 Å². The van der Waals surface area contributed by atoms with Gasteiger partial charge in [-0.05, 0) is 30.2 Å². The number of methoxy groups -OCH3 is 1. The maximum Gasteiger partial charge on any atom is 0.490 e. The van der Waals surface area contributed by atoms with E-state index in [9.17, 15) is 22.8 Å². The molecular weight excluding hydrogens is 309 g/mol. The second-order valence-corrected chi connectivity index (χ2v) is 4.01. The highest BCUT2D eigenvalue weighted by atomic mass is 19.4. The van der Waals surface area contributed by atoms with Gasteiger partial charge in [0.05, 0.1) is 19.1 Å². The molecule has 1 aromatic carbocycles. The normalized spacial score (nSPS) is 10.2. The van der Waals surface area contributed by atoms with Crippen LogP contribution in [-0.4, -0.2) is 41.4 Å². The Bertz CT molecular complexity index is 565. The number of aliphatic carboxylic acids is 2. The van der Waals surface area contributed by atoms with E-state index in [1.165, 1.54) is 7.11 Å². The molecule has 6 nitrogen and oxygen atoms in total. The molecule has 0 unspecified atom stereocenters. The number of carboxylic acids is 2. The molecule has 0 saturated heterocycles. The summed E-state index contributed by atoms with van der Waals surface area (Å²) in [7, 11) is 1.31. The predicted octanol–water partition coefficient (Wildman–Crippen LogP) is 2.04. The number of carbonyl (C=O) groups is 3. The molecule has 122 valence electrons. The molecule has 1 rings (SSSR count). The molecule has 0 amide bonds. The Balaban J connectivity index is 0.000000534. The summed E-state index contributed by atoms with van der Waals surface area (Å²) in [5, 5.41) is 15.7. The zero-order valence-electron chi connectivity index (χ0n) is 11.6. The van der Waals surface area contributed by atoms with Gasteiger partial charge in [0.25, 0.3) is 0 Å². The highest BCUT2D eigenvalue weighted by Crippen LogP contribution is 2.13. The Hall–Kier alpha value is -2.58.